The standard InChI is InChI=1S/C19H25N3O/c1-16-2-7-19(21-14-16)23-13-8-17-3-5-18(6-4-17)15-22-11-9-20-10-12-22/h2-7,14,20H,8-13,15H2,1H3. The van der Waals surface area contributed by atoms with E-state index in [-0.39, 0.29) is 0 Å². The second-order valence-corrected chi connectivity index (χ2v) is 6.11. The molecule has 3 rings (SSSR count). The van der Waals surface area contributed by atoms with Gasteiger partial charge in [0.1, 0.15) is 0 Å². The Morgan fingerprint density at radius 1 is 1.04 bits per heavy atom. The lowest BCUT2D eigenvalue weighted by Crippen LogP contribution is -2.42. The molecule has 4 heteroatoms. The fourth-order valence-electron chi connectivity index (χ4n) is 2.75. The van der Waals surface area contributed by atoms with Gasteiger partial charge in [-0.1, -0.05) is 30.3 Å². The molecule has 0 unspecified atom stereocenters. The summed E-state index contributed by atoms with van der Waals surface area (Å²) in [5.74, 6) is 0.700. The fourth-order valence-corrected chi connectivity index (χ4v) is 2.75. The number of hydrogen-bond donors (Lipinski definition) is 1. The van der Waals surface area contributed by atoms with Gasteiger partial charge < -0.3 is 10.1 Å². The number of aromatic nitrogens is 1. The van der Waals surface area contributed by atoms with Crippen LogP contribution < -0.4 is 10.1 Å². The van der Waals surface area contributed by atoms with Crippen molar-refractivity contribution in [2.45, 2.75) is 19.9 Å². The maximum Gasteiger partial charge on any atom is 0.213 e. The minimum absolute atomic E-state index is 0.660. The van der Waals surface area contributed by atoms with Gasteiger partial charge in [0.15, 0.2) is 0 Å². The van der Waals surface area contributed by atoms with Crippen molar-refractivity contribution in [1.29, 1.82) is 0 Å². The van der Waals surface area contributed by atoms with Crippen LogP contribution in [0.4, 0.5) is 0 Å². The molecule has 2 heterocycles. The highest BCUT2D eigenvalue weighted by Crippen LogP contribution is 2.11. The summed E-state index contributed by atoms with van der Waals surface area (Å²) < 4.78 is 5.69. The van der Waals surface area contributed by atoms with Crippen LogP contribution in [0, 0.1) is 6.92 Å². The summed E-state index contributed by atoms with van der Waals surface area (Å²) >= 11 is 0. The van der Waals surface area contributed by atoms with Gasteiger partial charge in [0.2, 0.25) is 5.88 Å². The molecule has 23 heavy (non-hydrogen) atoms. The zero-order chi connectivity index (χ0) is 15.9. The van der Waals surface area contributed by atoms with Crippen LogP contribution in [0.5, 0.6) is 5.88 Å². The van der Waals surface area contributed by atoms with Crippen LogP contribution in [-0.2, 0) is 13.0 Å². The van der Waals surface area contributed by atoms with Gasteiger partial charge in [-0.2, -0.15) is 0 Å². The third-order valence-electron chi connectivity index (χ3n) is 4.16. The summed E-state index contributed by atoms with van der Waals surface area (Å²) in [5, 5.41) is 3.39. The number of pyridine rings is 1. The topological polar surface area (TPSA) is 37.4 Å². The van der Waals surface area contributed by atoms with Gasteiger partial charge in [0.25, 0.3) is 0 Å². The number of benzene rings is 1. The Morgan fingerprint density at radius 2 is 1.78 bits per heavy atom. The minimum atomic E-state index is 0.660. The van der Waals surface area contributed by atoms with Crippen molar-refractivity contribution in [1.82, 2.24) is 15.2 Å². The number of nitrogens with one attached hydrogen (secondary N) is 1. The predicted octanol–water partition coefficient (Wildman–Crippen LogP) is 2.42. The zero-order valence-electron chi connectivity index (χ0n) is 13.8. The number of aryl methyl sites for hydroxylation is 1. The molecule has 122 valence electrons. The summed E-state index contributed by atoms with van der Waals surface area (Å²) in [5.41, 5.74) is 3.84. The Hall–Kier alpha value is -1.91. The summed E-state index contributed by atoms with van der Waals surface area (Å²) in [4.78, 5) is 6.75. The molecule has 0 spiro atoms. The zero-order valence-corrected chi connectivity index (χ0v) is 13.8. The van der Waals surface area contributed by atoms with Crippen LogP contribution in [0.1, 0.15) is 16.7 Å². The predicted molar refractivity (Wildman–Crippen MR) is 92.8 cm³/mol. The van der Waals surface area contributed by atoms with E-state index < -0.39 is 0 Å². The normalized spacial score (nSPS) is 15.5. The van der Waals surface area contributed by atoms with Crippen LogP contribution >= 0.6 is 0 Å². The lowest BCUT2D eigenvalue weighted by Gasteiger charge is -2.27. The number of rotatable bonds is 6. The first-order valence-corrected chi connectivity index (χ1v) is 8.36. The molecular weight excluding hydrogens is 286 g/mol. The average Bonchev–Trinajstić information content (AvgIpc) is 2.59. The number of hydrogen-bond acceptors (Lipinski definition) is 4. The molecule has 1 aliphatic heterocycles. The molecule has 0 aliphatic carbocycles. The lowest BCUT2D eigenvalue weighted by molar-refractivity contribution is 0.233. The Bertz CT molecular complexity index is 589. The molecule has 1 aromatic carbocycles. The van der Waals surface area contributed by atoms with Crippen molar-refractivity contribution >= 4 is 0 Å². The molecule has 2 aromatic rings. The molecule has 0 atom stereocenters. The monoisotopic (exact) mass is 311 g/mol. The highest BCUT2D eigenvalue weighted by atomic mass is 16.5. The summed E-state index contributed by atoms with van der Waals surface area (Å²) in [7, 11) is 0. The second-order valence-electron chi connectivity index (χ2n) is 6.11. The van der Waals surface area contributed by atoms with Gasteiger partial charge in [-0.25, -0.2) is 4.98 Å². The van der Waals surface area contributed by atoms with Crippen LogP contribution in [0.3, 0.4) is 0 Å². The number of piperazine rings is 1. The van der Waals surface area contributed by atoms with E-state index in [1.165, 1.54) is 11.1 Å². The third-order valence-corrected chi connectivity index (χ3v) is 4.16. The first-order valence-electron chi connectivity index (χ1n) is 8.36. The van der Waals surface area contributed by atoms with E-state index in [1.54, 1.807) is 0 Å². The number of nitrogens with zero attached hydrogens (tertiary/aromatic N) is 2. The van der Waals surface area contributed by atoms with Crippen LogP contribution in [0.15, 0.2) is 42.6 Å². The van der Waals surface area contributed by atoms with Gasteiger partial charge in [-0.3, -0.25) is 4.90 Å². The Balaban J connectivity index is 1.44. The Kier molecular flexibility index (Phi) is 5.61. The van der Waals surface area contributed by atoms with Gasteiger partial charge in [-0.05, 0) is 23.6 Å². The minimum Gasteiger partial charge on any atom is -0.477 e. The van der Waals surface area contributed by atoms with Crippen molar-refractivity contribution in [2.75, 3.05) is 32.8 Å². The van der Waals surface area contributed by atoms with Crippen molar-refractivity contribution in [2.24, 2.45) is 0 Å². The molecule has 0 saturated carbocycles. The molecule has 1 aromatic heterocycles. The Morgan fingerprint density at radius 3 is 2.48 bits per heavy atom. The summed E-state index contributed by atoms with van der Waals surface area (Å²) in [6.45, 7) is 8.21. The molecule has 1 aliphatic rings. The van der Waals surface area contributed by atoms with Gasteiger partial charge in [0.05, 0.1) is 6.61 Å². The maximum absolute atomic E-state index is 5.69. The van der Waals surface area contributed by atoms with E-state index in [2.05, 4.69) is 39.5 Å². The Labute approximate surface area is 138 Å². The van der Waals surface area contributed by atoms with E-state index >= 15 is 0 Å². The summed E-state index contributed by atoms with van der Waals surface area (Å²) in [6.07, 6.45) is 2.74. The van der Waals surface area contributed by atoms with Gasteiger partial charge >= 0.3 is 0 Å². The van der Waals surface area contributed by atoms with E-state index in [4.69, 9.17) is 4.74 Å². The van der Waals surface area contributed by atoms with Crippen LogP contribution in [0.2, 0.25) is 0 Å². The molecule has 0 bridgehead atoms. The van der Waals surface area contributed by atoms with Gasteiger partial charge in [0, 0.05) is 51.4 Å². The highest BCUT2D eigenvalue weighted by molar-refractivity contribution is 5.23. The highest BCUT2D eigenvalue weighted by Gasteiger charge is 2.09. The van der Waals surface area contributed by atoms with Crippen LogP contribution in [-0.4, -0.2) is 42.7 Å². The molecule has 1 fully saturated rings. The van der Waals surface area contributed by atoms with E-state index in [9.17, 15) is 0 Å². The average molecular weight is 311 g/mol. The molecule has 0 radical (unpaired) electrons. The molecule has 4 nitrogen and oxygen atoms in total. The first kappa shape index (κ1) is 16.0. The second kappa shape index (κ2) is 8.09. The molecule has 1 N–H and O–H groups in total. The van der Waals surface area contributed by atoms with Crippen molar-refractivity contribution in [3.63, 3.8) is 0 Å². The van der Waals surface area contributed by atoms with Crippen molar-refractivity contribution < 1.29 is 4.74 Å². The largest absolute Gasteiger partial charge is 0.477 e. The third kappa shape index (κ3) is 5.05. The molecular formula is C19H25N3O. The van der Waals surface area contributed by atoms with Crippen molar-refractivity contribution in [3.05, 3.63) is 59.3 Å². The van der Waals surface area contributed by atoms with Gasteiger partial charge in [-0.15, -0.1) is 0 Å². The quantitative estimate of drug-likeness (QED) is 0.889. The SMILES string of the molecule is Cc1ccc(OCCc2ccc(CN3CCNCC3)cc2)nc1. The molecule has 1 saturated heterocycles. The first-order chi connectivity index (χ1) is 11.3. The fraction of sp³-hybridized carbons (Fsp3) is 0.421. The smallest absolute Gasteiger partial charge is 0.213 e. The van der Waals surface area contributed by atoms with E-state index in [0.717, 1.165) is 44.7 Å². The van der Waals surface area contributed by atoms with E-state index in [1.807, 2.05) is 25.3 Å². The van der Waals surface area contributed by atoms with E-state index in [0.29, 0.717) is 12.5 Å². The van der Waals surface area contributed by atoms with Crippen LogP contribution in [0.25, 0.3) is 0 Å². The van der Waals surface area contributed by atoms with Crippen molar-refractivity contribution in [3.8, 4) is 5.88 Å². The number of ether oxygens (including phenoxy) is 1. The summed E-state index contributed by atoms with van der Waals surface area (Å²) in [6, 6.07) is 12.8. The maximum atomic E-state index is 5.69. The molecule has 0 amide bonds. The lowest BCUT2D eigenvalue weighted by atomic mass is 10.1.